The highest BCUT2D eigenvalue weighted by molar-refractivity contribution is 7.13. The predicted octanol–water partition coefficient (Wildman–Crippen LogP) is 4.84. The van der Waals surface area contributed by atoms with Gasteiger partial charge in [0, 0.05) is 35.7 Å². The van der Waals surface area contributed by atoms with Gasteiger partial charge >= 0.3 is 0 Å². The number of nitrogens with one attached hydrogen (secondary N) is 1. The van der Waals surface area contributed by atoms with Gasteiger partial charge in [0.05, 0.1) is 12.5 Å². The molecule has 2 aromatic carbocycles. The van der Waals surface area contributed by atoms with Crippen molar-refractivity contribution in [1.82, 2.24) is 15.2 Å². The summed E-state index contributed by atoms with van der Waals surface area (Å²) in [6.45, 7) is 1.92. The Balaban J connectivity index is 1.55. The van der Waals surface area contributed by atoms with E-state index in [2.05, 4.69) is 20.5 Å². The van der Waals surface area contributed by atoms with Gasteiger partial charge in [0.2, 0.25) is 11.8 Å². The SMILES string of the molecule is Cc1nnc(-c2ccc(Oc3cc(OCCC#N)cc(C(=O)Nc4nccs4)c3)cc2)o1. The minimum absolute atomic E-state index is 0.200. The standard InChI is InChI=1S/C22H17N5O4S/c1-14-26-27-21(30-14)15-3-5-17(6-4-15)31-19-12-16(11-18(13-19)29-9-2-7-23)20(28)25-22-24-8-10-32-22/h3-6,8,10-13H,2,9H2,1H3,(H,24,25,28). The normalized spacial score (nSPS) is 10.4. The number of rotatable bonds is 8. The second-order valence-electron chi connectivity index (χ2n) is 6.49. The molecule has 4 aromatic rings. The number of hydrogen-bond donors (Lipinski definition) is 1. The van der Waals surface area contributed by atoms with Gasteiger partial charge < -0.3 is 13.9 Å². The van der Waals surface area contributed by atoms with Gasteiger partial charge in [-0.25, -0.2) is 4.98 Å². The van der Waals surface area contributed by atoms with Crippen LogP contribution in [0.15, 0.2) is 58.5 Å². The minimum atomic E-state index is -0.349. The highest BCUT2D eigenvalue weighted by Gasteiger charge is 2.13. The molecule has 0 aliphatic heterocycles. The van der Waals surface area contributed by atoms with Crippen LogP contribution < -0.4 is 14.8 Å². The molecule has 0 atom stereocenters. The second-order valence-corrected chi connectivity index (χ2v) is 7.39. The number of thiazole rings is 1. The molecule has 2 aromatic heterocycles. The van der Waals surface area contributed by atoms with Gasteiger partial charge in [-0.15, -0.1) is 21.5 Å². The topological polar surface area (TPSA) is 123 Å². The minimum Gasteiger partial charge on any atom is -0.492 e. The Morgan fingerprint density at radius 3 is 2.66 bits per heavy atom. The zero-order chi connectivity index (χ0) is 22.3. The lowest BCUT2D eigenvalue weighted by atomic mass is 10.2. The fraction of sp³-hybridized carbons (Fsp3) is 0.136. The van der Waals surface area contributed by atoms with Crippen molar-refractivity contribution in [2.75, 3.05) is 11.9 Å². The molecule has 10 heteroatoms. The number of benzene rings is 2. The van der Waals surface area contributed by atoms with Crippen molar-refractivity contribution < 1.29 is 18.7 Å². The predicted molar refractivity (Wildman–Crippen MR) is 117 cm³/mol. The third kappa shape index (κ3) is 5.27. The van der Waals surface area contributed by atoms with Crippen LogP contribution in [0.1, 0.15) is 22.7 Å². The van der Waals surface area contributed by atoms with Crippen LogP contribution in [0.5, 0.6) is 17.2 Å². The Hall–Kier alpha value is -4.23. The van der Waals surface area contributed by atoms with E-state index in [1.54, 1.807) is 61.0 Å². The smallest absolute Gasteiger partial charge is 0.257 e. The Morgan fingerprint density at radius 1 is 1.16 bits per heavy atom. The van der Waals surface area contributed by atoms with Gasteiger partial charge in [-0.3, -0.25) is 10.1 Å². The number of carbonyl (C=O) groups excluding carboxylic acids is 1. The van der Waals surface area contributed by atoms with Crippen LogP contribution in [0, 0.1) is 18.3 Å². The van der Waals surface area contributed by atoms with Gasteiger partial charge in [-0.05, 0) is 36.4 Å². The summed E-state index contributed by atoms with van der Waals surface area (Å²) in [6.07, 6.45) is 1.83. The molecule has 0 unspecified atom stereocenters. The molecule has 1 amide bonds. The van der Waals surface area contributed by atoms with Gasteiger partial charge in [-0.2, -0.15) is 5.26 Å². The van der Waals surface area contributed by atoms with Crippen LogP contribution in [0.25, 0.3) is 11.5 Å². The molecular weight excluding hydrogens is 430 g/mol. The van der Waals surface area contributed by atoms with E-state index in [1.807, 2.05) is 6.07 Å². The maximum Gasteiger partial charge on any atom is 0.257 e. The molecule has 0 aliphatic rings. The monoisotopic (exact) mass is 447 g/mol. The van der Waals surface area contributed by atoms with Crippen molar-refractivity contribution >= 4 is 22.4 Å². The number of ether oxygens (including phenoxy) is 2. The lowest BCUT2D eigenvalue weighted by Crippen LogP contribution is -2.12. The van der Waals surface area contributed by atoms with Gasteiger partial charge in [0.15, 0.2) is 5.13 Å². The molecule has 0 saturated carbocycles. The van der Waals surface area contributed by atoms with Crippen LogP contribution in [0.4, 0.5) is 5.13 Å². The Kier molecular flexibility index (Phi) is 6.38. The van der Waals surface area contributed by atoms with E-state index < -0.39 is 0 Å². The largest absolute Gasteiger partial charge is 0.492 e. The summed E-state index contributed by atoms with van der Waals surface area (Å²) in [7, 11) is 0. The van der Waals surface area contributed by atoms with Crippen molar-refractivity contribution in [2.45, 2.75) is 13.3 Å². The highest BCUT2D eigenvalue weighted by Crippen LogP contribution is 2.30. The number of amides is 1. The molecule has 9 nitrogen and oxygen atoms in total. The van der Waals surface area contributed by atoms with Gasteiger partial charge in [0.1, 0.15) is 23.9 Å². The summed E-state index contributed by atoms with van der Waals surface area (Å²) in [5.41, 5.74) is 1.10. The lowest BCUT2D eigenvalue weighted by Gasteiger charge is -2.12. The third-order valence-electron chi connectivity index (χ3n) is 4.14. The van der Waals surface area contributed by atoms with Crippen LogP contribution >= 0.6 is 11.3 Å². The zero-order valence-corrected chi connectivity index (χ0v) is 17.8. The number of anilines is 1. The summed E-state index contributed by atoms with van der Waals surface area (Å²) < 4.78 is 17.0. The van der Waals surface area contributed by atoms with Gasteiger partial charge in [0.25, 0.3) is 5.91 Å². The van der Waals surface area contributed by atoms with Crippen molar-refractivity contribution in [3.63, 3.8) is 0 Å². The molecule has 32 heavy (non-hydrogen) atoms. The summed E-state index contributed by atoms with van der Waals surface area (Å²) >= 11 is 1.32. The maximum absolute atomic E-state index is 12.7. The molecule has 1 N–H and O–H groups in total. The van der Waals surface area contributed by atoms with E-state index in [4.69, 9.17) is 19.2 Å². The first-order valence-corrected chi connectivity index (χ1v) is 10.4. The molecule has 4 rings (SSSR count). The number of nitrogens with zero attached hydrogens (tertiary/aromatic N) is 4. The van der Waals surface area contributed by atoms with E-state index in [-0.39, 0.29) is 18.9 Å². The van der Waals surface area contributed by atoms with E-state index in [9.17, 15) is 4.79 Å². The van der Waals surface area contributed by atoms with Crippen LogP contribution in [-0.4, -0.2) is 27.7 Å². The van der Waals surface area contributed by atoms with Crippen molar-refractivity contribution in [3.8, 4) is 34.8 Å². The Bertz CT molecular complexity index is 1250. The fourth-order valence-electron chi connectivity index (χ4n) is 2.73. The average molecular weight is 447 g/mol. The first-order valence-electron chi connectivity index (χ1n) is 9.55. The molecule has 0 radical (unpaired) electrons. The molecule has 0 spiro atoms. The summed E-state index contributed by atoms with van der Waals surface area (Å²) in [5.74, 6) is 1.92. The van der Waals surface area contributed by atoms with E-state index in [0.29, 0.717) is 39.7 Å². The van der Waals surface area contributed by atoms with Crippen LogP contribution in [0.2, 0.25) is 0 Å². The maximum atomic E-state index is 12.7. The molecule has 0 bridgehead atoms. The van der Waals surface area contributed by atoms with Crippen molar-refractivity contribution in [2.24, 2.45) is 0 Å². The molecular formula is C22H17N5O4S. The molecule has 0 fully saturated rings. The summed E-state index contributed by atoms with van der Waals surface area (Å²) in [4.78, 5) is 16.7. The number of aromatic nitrogens is 3. The van der Waals surface area contributed by atoms with E-state index >= 15 is 0 Å². The van der Waals surface area contributed by atoms with E-state index in [1.165, 1.54) is 11.3 Å². The van der Waals surface area contributed by atoms with Crippen LogP contribution in [-0.2, 0) is 0 Å². The molecule has 0 saturated heterocycles. The number of nitriles is 1. The van der Waals surface area contributed by atoms with Crippen LogP contribution in [0.3, 0.4) is 0 Å². The first-order chi connectivity index (χ1) is 15.6. The third-order valence-corrected chi connectivity index (χ3v) is 4.83. The number of hydrogen-bond acceptors (Lipinski definition) is 9. The molecule has 0 aliphatic carbocycles. The Morgan fingerprint density at radius 2 is 1.97 bits per heavy atom. The molecule has 160 valence electrons. The molecule has 2 heterocycles. The quantitative estimate of drug-likeness (QED) is 0.381. The van der Waals surface area contributed by atoms with Crippen molar-refractivity contribution in [1.29, 1.82) is 5.26 Å². The number of carbonyl (C=O) groups is 1. The first kappa shape index (κ1) is 21.0. The van der Waals surface area contributed by atoms with Gasteiger partial charge in [-0.1, -0.05) is 0 Å². The zero-order valence-electron chi connectivity index (χ0n) is 16.9. The highest BCUT2D eigenvalue weighted by atomic mass is 32.1. The summed E-state index contributed by atoms with van der Waals surface area (Å²) in [5, 5.41) is 21.6. The number of aryl methyl sites for hydroxylation is 1. The average Bonchev–Trinajstić information content (AvgIpc) is 3.46. The Labute approximate surface area is 187 Å². The van der Waals surface area contributed by atoms with Crippen molar-refractivity contribution in [3.05, 3.63) is 65.5 Å². The van der Waals surface area contributed by atoms with E-state index in [0.717, 1.165) is 5.56 Å². The fourth-order valence-corrected chi connectivity index (χ4v) is 3.25. The summed E-state index contributed by atoms with van der Waals surface area (Å²) in [6, 6.07) is 14.0. The lowest BCUT2D eigenvalue weighted by molar-refractivity contribution is 0.102. The second kappa shape index (κ2) is 9.72.